The van der Waals surface area contributed by atoms with Gasteiger partial charge in [0.15, 0.2) is 0 Å². The van der Waals surface area contributed by atoms with Gasteiger partial charge in [0.2, 0.25) is 0 Å². The number of carboxylic acid groups (broad SMARTS) is 1. The van der Waals surface area contributed by atoms with E-state index in [9.17, 15) is 14.7 Å². The molecule has 2 N–H and O–H groups in total. The summed E-state index contributed by atoms with van der Waals surface area (Å²) in [5, 5.41) is 18.2. The number of aliphatic hydroxyl groups is 1. The summed E-state index contributed by atoms with van der Waals surface area (Å²) in [5.41, 5.74) is 0. The number of piperidine rings is 1. The Balaban J connectivity index is 2.00. The summed E-state index contributed by atoms with van der Waals surface area (Å²) in [5.74, 6) is -0.213. The predicted molar refractivity (Wildman–Crippen MR) is 72.0 cm³/mol. The minimum atomic E-state index is -0.935. The summed E-state index contributed by atoms with van der Waals surface area (Å²) in [4.78, 5) is 26.8. The van der Waals surface area contributed by atoms with Crippen LogP contribution < -0.4 is 0 Å². The maximum Gasteiger partial charge on any atom is 0.327 e. The molecule has 0 aromatic rings. The van der Waals surface area contributed by atoms with Crippen molar-refractivity contribution in [1.29, 1.82) is 0 Å². The number of rotatable bonds is 2. The Hall–Kier alpha value is -0.950. The minimum Gasteiger partial charge on any atom is -0.480 e. The molecule has 2 rings (SSSR count). The smallest absolute Gasteiger partial charge is 0.327 e. The van der Waals surface area contributed by atoms with Crippen molar-refractivity contribution in [3.63, 3.8) is 0 Å². The zero-order valence-corrected chi connectivity index (χ0v) is 11.8. The van der Waals surface area contributed by atoms with E-state index in [-0.39, 0.29) is 23.9 Å². The van der Waals surface area contributed by atoms with Gasteiger partial charge in [0.1, 0.15) is 6.04 Å². The van der Waals surface area contributed by atoms with E-state index in [1.807, 2.05) is 6.92 Å². The molecule has 2 fully saturated rings. The summed E-state index contributed by atoms with van der Waals surface area (Å²) < 4.78 is 0. The van der Waals surface area contributed by atoms with Crippen LogP contribution in [0.3, 0.4) is 0 Å². The van der Waals surface area contributed by atoms with Gasteiger partial charge >= 0.3 is 12.0 Å². The van der Waals surface area contributed by atoms with Crippen LogP contribution in [-0.4, -0.2) is 68.9 Å². The largest absolute Gasteiger partial charge is 0.480 e. The third-order valence-electron chi connectivity index (χ3n) is 3.87. The lowest BCUT2D eigenvalue weighted by Crippen LogP contribution is -2.53. The number of aliphatic carboxylic acids is 1. The lowest BCUT2D eigenvalue weighted by atomic mass is 9.98. The van der Waals surface area contributed by atoms with Gasteiger partial charge in [-0.2, -0.15) is 0 Å². The fourth-order valence-corrected chi connectivity index (χ4v) is 3.76. The van der Waals surface area contributed by atoms with Gasteiger partial charge in [-0.3, -0.25) is 4.90 Å². The molecule has 2 saturated heterocycles. The van der Waals surface area contributed by atoms with E-state index in [0.717, 1.165) is 12.8 Å². The van der Waals surface area contributed by atoms with E-state index in [2.05, 4.69) is 0 Å². The van der Waals surface area contributed by atoms with Gasteiger partial charge in [-0.15, -0.1) is 11.8 Å². The molecule has 2 aliphatic rings. The molecule has 19 heavy (non-hydrogen) atoms. The molecule has 2 heterocycles. The molecule has 7 heteroatoms. The van der Waals surface area contributed by atoms with Crippen LogP contribution in [0.15, 0.2) is 0 Å². The SMILES string of the molecule is CC1SCC(C(=O)O)N1C(=O)N1CCC(CO)CC1. The Kier molecular flexibility index (Phi) is 4.57. The summed E-state index contributed by atoms with van der Waals surface area (Å²) >= 11 is 1.50. The number of hydrogen-bond donors (Lipinski definition) is 2. The summed E-state index contributed by atoms with van der Waals surface area (Å²) in [6.45, 7) is 3.23. The average Bonchev–Trinajstić information content (AvgIpc) is 2.80. The van der Waals surface area contributed by atoms with Gasteiger partial charge in [-0.05, 0) is 25.7 Å². The minimum absolute atomic E-state index is 0.0934. The van der Waals surface area contributed by atoms with E-state index in [0.29, 0.717) is 18.8 Å². The quantitative estimate of drug-likeness (QED) is 0.780. The Morgan fingerprint density at radius 1 is 1.32 bits per heavy atom. The van der Waals surface area contributed by atoms with E-state index in [1.54, 1.807) is 4.90 Å². The number of hydrogen-bond acceptors (Lipinski definition) is 4. The fraction of sp³-hybridized carbons (Fsp3) is 0.833. The number of carbonyl (C=O) groups is 2. The molecule has 0 aromatic carbocycles. The highest BCUT2D eigenvalue weighted by molar-refractivity contribution is 8.00. The maximum atomic E-state index is 12.4. The van der Waals surface area contributed by atoms with Crippen molar-refractivity contribution in [1.82, 2.24) is 9.80 Å². The average molecular weight is 288 g/mol. The van der Waals surface area contributed by atoms with Crippen molar-refractivity contribution in [2.45, 2.75) is 31.2 Å². The summed E-state index contributed by atoms with van der Waals surface area (Å²) in [6.07, 6.45) is 1.57. The number of carbonyl (C=O) groups excluding carboxylic acids is 1. The normalized spacial score (nSPS) is 28.7. The van der Waals surface area contributed by atoms with Crippen LogP contribution in [0, 0.1) is 5.92 Å². The fourth-order valence-electron chi connectivity index (χ4n) is 2.59. The van der Waals surface area contributed by atoms with Crippen LogP contribution in [0.25, 0.3) is 0 Å². The third-order valence-corrected chi connectivity index (χ3v) is 5.09. The van der Waals surface area contributed by atoms with Gasteiger partial charge in [0.05, 0.1) is 5.37 Å². The highest BCUT2D eigenvalue weighted by Crippen LogP contribution is 2.30. The number of urea groups is 1. The summed E-state index contributed by atoms with van der Waals surface area (Å²) in [7, 11) is 0. The second-order valence-corrected chi connectivity index (χ2v) is 6.44. The molecule has 6 nitrogen and oxygen atoms in total. The first-order valence-corrected chi connectivity index (χ1v) is 7.62. The van der Waals surface area contributed by atoms with Gasteiger partial charge in [0.25, 0.3) is 0 Å². The van der Waals surface area contributed by atoms with E-state index in [1.165, 1.54) is 16.7 Å². The highest BCUT2D eigenvalue weighted by Gasteiger charge is 2.41. The first kappa shape index (κ1) is 14.5. The second-order valence-electron chi connectivity index (χ2n) is 5.09. The molecule has 0 saturated carbocycles. The molecule has 0 aliphatic carbocycles. The van der Waals surface area contributed by atoms with Gasteiger partial charge in [-0.25, -0.2) is 9.59 Å². The number of aliphatic hydroxyl groups excluding tert-OH is 1. The molecular formula is C12H20N2O4S. The first-order valence-electron chi connectivity index (χ1n) is 6.57. The topological polar surface area (TPSA) is 81.1 Å². The molecule has 2 amide bonds. The van der Waals surface area contributed by atoms with Crippen molar-refractivity contribution < 1.29 is 19.8 Å². The molecule has 0 aromatic heterocycles. The molecule has 2 unspecified atom stereocenters. The lowest BCUT2D eigenvalue weighted by molar-refractivity contribution is -0.141. The molecule has 0 bridgehead atoms. The maximum absolute atomic E-state index is 12.4. The second kappa shape index (κ2) is 6.00. The Morgan fingerprint density at radius 3 is 2.47 bits per heavy atom. The van der Waals surface area contributed by atoms with Crippen molar-refractivity contribution in [3.05, 3.63) is 0 Å². The van der Waals surface area contributed by atoms with Crippen molar-refractivity contribution in [3.8, 4) is 0 Å². The molecular weight excluding hydrogens is 268 g/mol. The standard InChI is InChI=1S/C12H20N2O4S/c1-8-14(10(7-19-8)11(16)17)12(18)13-4-2-9(6-15)3-5-13/h8-10,15H,2-7H2,1H3,(H,16,17). The van der Waals surface area contributed by atoms with Crippen LogP contribution in [0.2, 0.25) is 0 Å². The molecule has 0 radical (unpaired) electrons. The van der Waals surface area contributed by atoms with Gasteiger partial charge in [0, 0.05) is 25.4 Å². The monoisotopic (exact) mass is 288 g/mol. The Labute approximate surface area is 116 Å². The third kappa shape index (κ3) is 2.97. The number of amides is 2. The number of likely N-dealkylation sites (tertiary alicyclic amines) is 1. The van der Waals surface area contributed by atoms with Crippen LogP contribution >= 0.6 is 11.8 Å². The Bertz CT molecular complexity index is 358. The molecule has 0 spiro atoms. The molecule has 2 aliphatic heterocycles. The number of carboxylic acids is 1. The Morgan fingerprint density at radius 2 is 1.95 bits per heavy atom. The zero-order chi connectivity index (χ0) is 14.0. The van der Waals surface area contributed by atoms with Crippen LogP contribution in [-0.2, 0) is 4.79 Å². The highest BCUT2D eigenvalue weighted by atomic mass is 32.2. The van der Waals surface area contributed by atoms with Gasteiger partial charge in [-0.1, -0.05) is 0 Å². The number of thioether (sulfide) groups is 1. The number of nitrogens with zero attached hydrogens (tertiary/aromatic N) is 2. The van der Waals surface area contributed by atoms with E-state index >= 15 is 0 Å². The van der Waals surface area contributed by atoms with Crippen molar-refractivity contribution in [2.75, 3.05) is 25.4 Å². The van der Waals surface area contributed by atoms with Crippen molar-refractivity contribution >= 4 is 23.8 Å². The molecule has 108 valence electrons. The van der Waals surface area contributed by atoms with Crippen LogP contribution in [0.4, 0.5) is 4.79 Å². The van der Waals surface area contributed by atoms with Gasteiger partial charge < -0.3 is 15.1 Å². The predicted octanol–water partition coefficient (Wildman–Crippen LogP) is 0.659. The van der Waals surface area contributed by atoms with Crippen LogP contribution in [0.5, 0.6) is 0 Å². The molecule has 2 atom stereocenters. The lowest BCUT2D eigenvalue weighted by Gasteiger charge is -2.36. The van der Waals surface area contributed by atoms with E-state index < -0.39 is 12.0 Å². The van der Waals surface area contributed by atoms with E-state index in [4.69, 9.17) is 5.11 Å². The zero-order valence-electron chi connectivity index (χ0n) is 11.0. The van der Waals surface area contributed by atoms with Crippen LogP contribution in [0.1, 0.15) is 19.8 Å². The summed E-state index contributed by atoms with van der Waals surface area (Å²) in [6, 6.07) is -0.899. The van der Waals surface area contributed by atoms with Crippen molar-refractivity contribution in [2.24, 2.45) is 5.92 Å². The first-order chi connectivity index (χ1) is 9.04.